The number of nitrogens with two attached hydrogens (primary N) is 1. The molecule has 2 N–H and O–H groups in total. The Morgan fingerprint density at radius 3 is 2.32 bits per heavy atom. The molecule has 0 atom stereocenters. The maximum Gasteiger partial charge on any atom is 0.0324 e. The molecule has 108 valence electrons. The van der Waals surface area contributed by atoms with E-state index in [1.807, 2.05) is 6.07 Å². The molecule has 0 aromatic heterocycles. The SMILES string of the molecule is CN1CCN(Cc2ccc(N)cc2S(C)(C)C)CC1. The van der Waals surface area contributed by atoms with Crippen molar-refractivity contribution in [2.45, 2.75) is 11.4 Å². The van der Waals surface area contributed by atoms with Crippen LogP contribution < -0.4 is 5.73 Å². The van der Waals surface area contributed by atoms with Crippen LogP contribution in [0.5, 0.6) is 0 Å². The molecule has 4 heteroatoms. The molecule has 3 nitrogen and oxygen atoms in total. The number of hydrogen-bond donors (Lipinski definition) is 1. The first kappa shape index (κ1) is 14.7. The molecule has 0 bridgehead atoms. The van der Waals surface area contributed by atoms with Crippen LogP contribution in [-0.2, 0) is 6.54 Å². The molecular formula is C15H27N3S. The van der Waals surface area contributed by atoms with Crippen LogP contribution in [0, 0.1) is 0 Å². The predicted molar refractivity (Wildman–Crippen MR) is 87.3 cm³/mol. The van der Waals surface area contributed by atoms with Gasteiger partial charge in [0.1, 0.15) is 0 Å². The highest BCUT2D eigenvalue weighted by molar-refractivity contribution is 8.32. The number of hydrogen-bond acceptors (Lipinski definition) is 3. The average Bonchev–Trinajstić information content (AvgIpc) is 2.33. The Labute approximate surface area is 119 Å². The number of likely N-dealkylation sites (N-methyl/N-ethyl adjacent to an activating group) is 1. The van der Waals surface area contributed by atoms with Crippen LogP contribution in [0.2, 0.25) is 0 Å². The lowest BCUT2D eigenvalue weighted by Crippen LogP contribution is -2.44. The Hall–Kier alpha value is -0.710. The molecule has 0 unspecified atom stereocenters. The van der Waals surface area contributed by atoms with E-state index in [4.69, 9.17) is 5.73 Å². The first-order valence-corrected chi connectivity index (χ1v) is 9.70. The van der Waals surface area contributed by atoms with Crippen molar-refractivity contribution < 1.29 is 0 Å². The summed E-state index contributed by atoms with van der Waals surface area (Å²) < 4.78 is 0. The van der Waals surface area contributed by atoms with Gasteiger partial charge in [-0.1, -0.05) is 6.07 Å². The summed E-state index contributed by atoms with van der Waals surface area (Å²) in [5.41, 5.74) is 8.32. The molecule has 0 aliphatic carbocycles. The van der Waals surface area contributed by atoms with Gasteiger partial charge >= 0.3 is 0 Å². The molecular weight excluding hydrogens is 254 g/mol. The van der Waals surface area contributed by atoms with E-state index in [9.17, 15) is 0 Å². The van der Waals surface area contributed by atoms with Crippen LogP contribution in [0.1, 0.15) is 5.56 Å². The number of benzene rings is 1. The fraction of sp³-hybridized carbons (Fsp3) is 0.600. The van der Waals surface area contributed by atoms with Crippen LogP contribution >= 0.6 is 10.0 Å². The third kappa shape index (κ3) is 3.88. The fourth-order valence-electron chi connectivity index (χ4n) is 2.52. The second-order valence-electron chi connectivity index (χ2n) is 6.28. The minimum Gasteiger partial charge on any atom is -0.399 e. The maximum atomic E-state index is 5.97. The lowest BCUT2D eigenvalue weighted by atomic mass is 10.2. The Balaban J connectivity index is 2.16. The molecule has 1 aliphatic rings. The number of rotatable bonds is 3. The van der Waals surface area contributed by atoms with Crippen LogP contribution in [0.15, 0.2) is 23.1 Å². The molecule has 19 heavy (non-hydrogen) atoms. The van der Waals surface area contributed by atoms with Gasteiger partial charge in [-0.3, -0.25) is 4.90 Å². The molecule has 1 aromatic rings. The van der Waals surface area contributed by atoms with Gasteiger partial charge in [-0.25, -0.2) is 10.0 Å². The largest absolute Gasteiger partial charge is 0.399 e. The zero-order valence-electron chi connectivity index (χ0n) is 12.6. The molecule has 0 radical (unpaired) electrons. The average molecular weight is 281 g/mol. The van der Waals surface area contributed by atoms with Gasteiger partial charge in [0.05, 0.1) is 0 Å². The van der Waals surface area contributed by atoms with E-state index < -0.39 is 10.0 Å². The van der Waals surface area contributed by atoms with E-state index in [0.717, 1.165) is 12.2 Å². The van der Waals surface area contributed by atoms with Crippen molar-refractivity contribution in [2.75, 3.05) is 57.7 Å². The second kappa shape index (κ2) is 5.73. The van der Waals surface area contributed by atoms with Gasteiger partial charge in [0.2, 0.25) is 0 Å². The molecule has 0 spiro atoms. The maximum absolute atomic E-state index is 5.97. The summed E-state index contributed by atoms with van der Waals surface area (Å²) in [5.74, 6) is 0. The van der Waals surface area contributed by atoms with Crippen LogP contribution in [0.3, 0.4) is 0 Å². The van der Waals surface area contributed by atoms with Crippen molar-refractivity contribution in [1.29, 1.82) is 0 Å². The molecule has 2 rings (SSSR count). The first-order chi connectivity index (χ1) is 8.86. The van der Waals surface area contributed by atoms with E-state index >= 15 is 0 Å². The van der Waals surface area contributed by atoms with Crippen molar-refractivity contribution >= 4 is 15.7 Å². The molecule has 1 aromatic carbocycles. The number of anilines is 1. The third-order valence-electron chi connectivity index (χ3n) is 3.74. The predicted octanol–water partition coefficient (Wildman–Crippen LogP) is 2.07. The minimum absolute atomic E-state index is 0.735. The van der Waals surface area contributed by atoms with E-state index in [1.54, 1.807) is 0 Å². The summed E-state index contributed by atoms with van der Waals surface area (Å²) in [5, 5.41) is 0. The molecule has 1 heterocycles. The molecule has 1 saturated heterocycles. The standard InChI is InChI=1S/C15H27N3S/c1-17-7-9-18(10-8-17)12-13-5-6-14(16)11-15(13)19(2,3)4/h5-6,11H,7-10,12,16H2,1-4H3. The highest BCUT2D eigenvalue weighted by atomic mass is 32.3. The van der Waals surface area contributed by atoms with Crippen molar-refractivity contribution in [3.63, 3.8) is 0 Å². The molecule has 1 fully saturated rings. The molecule has 0 amide bonds. The summed E-state index contributed by atoms with van der Waals surface area (Å²) in [6.45, 7) is 5.74. The van der Waals surface area contributed by atoms with E-state index in [0.29, 0.717) is 0 Å². The van der Waals surface area contributed by atoms with E-state index in [2.05, 4.69) is 47.7 Å². The first-order valence-electron chi connectivity index (χ1n) is 6.84. The van der Waals surface area contributed by atoms with Crippen molar-refractivity contribution in [3.8, 4) is 0 Å². The Morgan fingerprint density at radius 2 is 1.74 bits per heavy atom. The van der Waals surface area contributed by atoms with Gasteiger partial charge in [0, 0.05) is 38.4 Å². The van der Waals surface area contributed by atoms with Crippen LogP contribution in [-0.4, -0.2) is 61.8 Å². The summed E-state index contributed by atoms with van der Waals surface area (Å²) in [6.07, 6.45) is 7.03. The Kier molecular flexibility index (Phi) is 4.43. The molecule has 0 saturated carbocycles. The third-order valence-corrected chi connectivity index (χ3v) is 5.44. The Morgan fingerprint density at radius 1 is 1.11 bits per heavy atom. The van der Waals surface area contributed by atoms with Gasteiger partial charge in [0.15, 0.2) is 0 Å². The van der Waals surface area contributed by atoms with E-state index in [-0.39, 0.29) is 0 Å². The van der Waals surface area contributed by atoms with Crippen molar-refractivity contribution in [3.05, 3.63) is 23.8 Å². The molecule has 1 aliphatic heterocycles. The van der Waals surface area contributed by atoms with Gasteiger partial charge in [-0.15, -0.1) is 0 Å². The van der Waals surface area contributed by atoms with Crippen LogP contribution in [0.4, 0.5) is 5.69 Å². The fourth-order valence-corrected chi connectivity index (χ4v) is 3.93. The van der Waals surface area contributed by atoms with Crippen molar-refractivity contribution in [1.82, 2.24) is 9.80 Å². The van der Waals surface area contributed by atoms with E-state index in [1.165, 1.54) is 36.6 Å². The summed E-state index contributed by atoms with van der Waals surface area (Å²) in [4.78, 5) is 6.42. The lowest BCUT2D eigenvalue weighted by Gasteiger charge is -2.35. The second-order valence-corrected chi connectivity index (χ2v) is 10.4. The highest BCUT2D eigenvalue weighted by Crippen LogP contribution is 2.48. The summed E-state index contributed by atoms with van der Waals surface area (Å²) >= 11 is 0. The normalized spacial score (nSPS) is 19.6. The minimum atomic E-state index is -0.735. The number of nitrogen functional groups attached to an aromatic ring is 1. The zero-order chi connectivity index (χ0) is 14.0. The smallest absolute Gasteiger partial charge is 0.0324 e. The number of nitrogens with zero attached hydrogens (tertiary/aromatic N) is 2. The topological polar surface area (TPSA) is 32.5 Å². The lowest BCUT2D eigenvalue weighted by molar-refractivity contribution is 0.147. The van der Waals surface area contributed by atoms with Crippen LogP contribution in [0.25, 0.3) is 0 Å². The van der Waals surface area contributed by atoms with Crippen molar-refractivity contribution in [2.24, 2.45) is 0 Å². The zero-order valence-corrected chi connectivity index (χ0v) is 13.5. The van der Waals surface area contributed by atoms with Gasteiger partial charge in [0.25, 0.3) is 0 Å². The summed E-state index contributed by atoms with van der Waals surface area (Å²) in [7, 11) is 1.47. The Bertz CT molecular complexity index is 432. The highest BCUT2D eigenvalue weighted by Gasteiger charge is 2.18. The quantitative estimate of drug-likeness (QED) is 0.861. The van der Waals surface area contributed by atoms with Gasteiger partial charge in [-0.05, 0) is 48.4 Å². The number of piperazine rings is 1. The van der Waals surface area contributed by atoms with Gasteiger partial charge < -0.3 is 10.6 Å². The monoisotopic (exact) mass is 281 g/mol. The van der Waals surface area contributed by atoms with Gasteiger partial charge in [-0.2, -0.15) is 0 Å². The summed E-state index contributed by atoms with van der Waals surface area (Å²) in [6, 6.07) is 6.45.